The summed E-state index contributed by atoms with van der Waals surface area (Å²) in [6.07, 6.45) is 4.62. The van der Waals surface area contributed by atoms with Gasteiger partial charge >= 0.3 is 0 Å². The summed E-state index contributed by atoms with van der Waals surface area (Å²) in [5, 5.41) is 3.60. The Morgan fingerprint density at radius 2 is 2.10 bits per heavy atom. The lowest BCUT2D eigenvalue weighted by Gasteiger charge is -2.23. The molecule has 0 spiro atoms. The molecule has 5 heteroatoms. The van der Waals surface area contributed by atoms with Crippen LogP contribution in [0.25, 0.3) is 0 Å². The molecular formula is C16H21N3O2. The van der Waals surface area contributed by atoms with Gasteiger partial charge in [0.15, 0.2) is 11.5 Å². The van der Waals surface area contributed by atoms with Crippen LogP contribution < -0.4 is 14.8 Å². The minimum absolute atomic E-state index is 0.205. The maximum Gasteiger partial charge on any atom is 0.161 e. The van der Waals surface area contributed by atoms with E-state index in [0.717, 1.165) is 23.7 Å². The van der Waals surface area contributed by atoms with E-state index in [1.165, 1.54) is 5.56 Å². The van der Waals surface area contributed by atoms with Crippen molar-refractivity contribution in [3.05, 3.63) is 42.0 Å². The third-order valence-electron chi connectivity index (χ3n) is 3.78. The van der Waals surface area contributed by atoms with Crippen LogP contribution in [0.15, 0.2) is 30.6 Å². The van der Waals surface area contributed by atoms with E-state index in [4.69, 9.17) is 9.47 Å². The van der Waals surface area contributed by atoms with E-state index >= 15 is 0 Å². The average Bonchev–Trinajstić information content (AvgIpc) is 3.06. The van der Waals surface area contributed by atoms with Crippen LogP contribution in [-0.4, -0.2) is 23.2 Å². The van der Waals surface area contributed by atoms with Gasteiger partial charge in [-0.1, -0.05) is 13.0 Å². The lowest BCUT2D eigenvalue weighted by molar-refractivity contribution is 0.171. The highest BCUT2D eigenvalue weighted by molar-refractivity contribution is 5.44. The zero-order chi connectivity index (χ0) is 14.7. The molecule has 0 fully saturated rings. The van der Waals surface area contributed by atoms with Crippen molar-refractivity contribution >= 4 is 0 Å². The monoisotopic (exact) mass is 287 g/mol. The van der Waals surface area contributed by atoms with Gasteiger partial charge < -0.3 is 19.8 Å². The highest BCUT2D eigenvalue weighted by Gasteiger charge is 2.18. The number of hydrogen-bond donors (Lipinski definition) is 2. The molecule has 0 bridgehead atoms. The van der Waals surface area contributed by atoms with Crippen LogP contribution in [0.2, 0.25) is 0 Å². The maximum atomic E-state index is 5.65. The summed E-state index contributed by atoms with van der Waals surface area (Å²) in [5.74, 6) is 2.63. The molecule has 1 aliphatic rings. The quantitative estimate of drug-likeness (QED) is 0.887. The Morgan fingerprint density at radius 1 is 1.29 bits per heavy atom. The van der Waals surface area contributed by atoms with Crippen LogP contribution in [-0.2, 0) is 0 Å². The van der Waals surface area contributed by atoms with Crippen LogP contribution in [0.5, 0.6) is 11.5 Å². The first-order valence-electron chi connectivity index (χ1n) is 7.42. The van der Waals surface area contributed by atoms with Crippen molar-refractivity contribution in [1.82, 2.24) is 15.3 Å². The van der Waals surface area contributed by atoms with Gasteiger partial charge in [-0.25, -0.2) is 4.98 Å². The number of H-pyrrole nitrogens is 1. The molecule has 2 heterocycles. The highest BCUT2D eigenvalue weighted by atomic mass is 16.6. The van der Waals surface area contributed by atoms with Gasteiger partial charge in [-0.05, 0) is 31.0 Å². The Morgan fingerprint density at radius 3 is 2.81 bits per heavy atom. The Labute approximate surface area is 124 Å². The standard InChI is InChI=1S/C16H21N3O2/c1-3-13(16-17-6-7-18-16)19-11(2)12-4-5-14-15(10-12)21-9-8-20-14/h4-7,10-11,13,19H,3,8-9H2,1-2H3,(H,17,18). The van der Waals surface area contributed by atoms with Gasteiger partial charge in [0.05, 0.1) is 6.04 Å². The zero-order valence-corrected chi connectivity index (χ0v) is 12.4. The SMILES string of the molecule is CCC(NC(C)c1ccc2c(c1)OCCO2)c1ncc[nH]1. The van der Waals surface area contributed by atoms with Crippen LogP contribution in [0.3, 0.4) is 0 Å². The second-order valence-electron chi connectivity index (χ2n) is 5.23. The molecular weight excluding hydrogens is 266 g/mol. The van der Waals surface area contributed by atoms with E-state index in [1.54, 1.807) is 6.20 Å². The number of imidazole rings is 1. The predicted molar refractivity (Wildman–Crippen MR) is 80.6 cm³/mol. The van der Waals surface area contributed by atoms with Crippen molar-refractivity contribution in [2.75, 3.05) is 13.2 Å². The Bertz CT molecular complexity index is 583. The number of aromatic nitrogens is 2. The highest BCUT2D eigenvalue weighted by Crippen LogP contribution is 2.33. The molecule has 2 unspecified atom stereocenters. The molecule has 21 heavy (non-hydrogen) atoms. The molecule has 2 aromatic rings. The number of nitrogens with one attached hydrogen (secondary N) is 2. The second kappa shape index (κ2) is 6.18. The van der Waals surface area contributed by atoms with Crippen LogP contribution in [0.4, 0.5) is 0 Å². The fraction of sp³-hybridized carbons (Fsp3) is 0.438. The van der Waals surface area contributed by atoms with E-state index in [1.807, 2.05) is 12.3 Å². The average molecular weight is 287 g/mol. The van der Waals surface area contributed by atoms with E-state index in [2.05, 4.69) is 41.3 Å². The minimum atomic E-state index is 0.205. The van der Waals surface area contributed by atoms with E-state index in [-0.39, 0.29) is 12.1 Å². The van der Waals surface area contributed by atoms with Crippen molar-refractivity contribution in [3.8, 4) is 11.5 Å². The van der Waals surface area contributed by atoms with Crippen molar-refractivity contribution in [2.24, 2.45) is 0 Å². The summed E-state index contributed by atoms with van der Waals surface area (Å²) >= 11 is 0. The van der Waals surface area contributed by atoms with Crippen molar-refractivity contribution in [3.63, 3.8) is 0 Å². The van der Waals surface area contributed by atoms with Crippen molar-refractivity contribution in [2.45, 2.75) is 32.4 Å². The molecule has 0 amide bonds. The molecule has 1 aromatic heterocycles. The van der Waals surface area contributed by atoms with Gasteiger partial charge in [-0.2, -0.15) is 0 Å². The van der Waals surface area contributed by atoms with Crippen molar-refractivity contribution in [1.29, 1.82) is 0 Å². The first kappa shape index (κ1) is 13.9. The molecule has 5 nitrogen and oxygen atoms in total. The Kier molecular flexibility index (Phi) is 4.10. The van der Waals surface area contributed by atoms with Gasteiger partial charge in [-0.15, -0.1) is 0 Å². The van der Waals surface area contributed by atoms with Crippen LogP contribution in [0, 0.1) is 0 Å². The number of nitrogens with zero attached hydrogens (tertiary/aromatic N) is 1. The van der Waals surface area contributed by atoms with Crippen LogP contribution in [0.1, 0.15) is 43.7 Å². The fourth-order valence-electron chi connectivity index (χ4n) is 2.59. The third kappa shape index (κ3) is 3.03. The van der Waals surface area contributed by atoms with Crippen molar-refractivity contribution < 1.29 is 9.47 Å². The summed E-state index contributed by atoms with van der Waals surface area (Å²) in [5.41, 5.74) is 1.18. The second-order valence-corrected chi connectivity index (χ2v) is 5.23. The molecule has 112 valence electrons. The molecule has 0 saturated heterocycles. The molecule has 0 saturated carbocycles. The number of fused-ring (bicyclic) bond motifs is 1. The summed E-state index contributed by atoms with van der Waals surface area (Å²) in [4.78, 5) is 7.52. The lowest BCUT2D eigenvalue weighted by Crippen LogP contribution is -2.25. The molecule has 0 radical (unpaired) electrons. The van der Waals surface area contributed by atoms with Gasteiger partial charge in [-0.3, -0.25) is 0 Å². The summed E-state index contributed by atoms with van der Waals surface area (Å²) in [6.45, 7) is 5.53. The first-order valence-corrected chi connectivity index (χ1v) is 7.42. The fourth-order valence-corrected chi connectivity index (χ4v) is 2.59. The summed E-state index contributed by atoms with van der Waals surface area (Å²) in [6, 6.07) is 6.54. The smallest absolute Gasteiger partial charge is 0.161 e. The minimum Gasteiger partial charge on any atom is -0.486 e. The number of aromatic amines is 1. The molecule has 1 aliphatic heterocycles. The summed E-state index contributed by atoms with van der Waals surface area (Å²) in [7, 11) is 0. The molecule has 2 N–H and O–H groups in total. The number of rotatable bonds is 5. The molecule has 3 rings (SSSR count). The van der Waals surface area contributed by atoms with E-state index < -0.39 is 0 Å². The zero-order valence-electron chi connectivity index (χ0n) is 12.4. The van der Waals surface area contributed by atoms with E-state index in [0.29, 0.717) is 13.2 Å². The maximum absolute atomic E-state index is 5.65. The molecule has 2 atom stereocenters. The Balaban J connectivity index is 1.74. The number of benzene rings is 1. The van der Waals surface area contributed by atoms with Crippen LogP contribution >= 0.6 is 0 Å². The third-order valence-corrected chi connectivity index (χ3v) is 3.78. The lowest BCUT2D eigenvalue weighted by atomic mass is 10.1. The Hall–Kier alpha value is -2.01. The molecule has 0 aliphatic carbocycles. The first-order chi connectivity index (χ1) is 10.3. The number of hydrogen-bond acceptors (Lipinski definition) is 4. The topological polar surface area (TPSA) is 59.2 Å². The van der Waals surface area contributed by atoms with Gasteiger partial charge in [0.1, 0.15) is 19.0 Å². The summed E-state index contributed by atoms with van der Waals surface area (Å²) < 4.78 is 11.2. The van der Waals surface area contributed by atoms with Gasteiger partial charge in [0.25, 0.3) is 0 Å². The largest absolute Gasteiger partial charge is 0.486 e. The predicted octanol–water partition coefficient (Wildman–Crippen LogP) is 2.98. The van der Waals surface area contributed by atoms with E-state index in [9.17, 15) is 0 Å². The normalized spacial score (nSPS) is 16.5. The number of ether oxygens (including phenoxy) is 2. The van der Waals surface area contributed by atoms with Gasteiger partial charge in [0, 0.05) is 18.4 Å². The van der Waals surface area contributed by atoms with Gasteiger partial charge in [0.2, 0.25) is 0 Å². The molecule has 1 aromatic carbocycles.